The van der Waals surface area contributed by atoms with Crippen LogP contribution in [0.4, 0.5) is 18.9 Å². The van der Waals surface area contributed by atoms with Crippen LogP contribution in [0.3, 0.4) is 0 Å². The summed E-state index contributed by atoms with van der Waals surface area (Å²) in [5, 5.41) is 2.80. The molecular weight excluding hydrogens is 567 g/mol. The highest BCUT2D eigenvalue weighted by molar-refractivity contribution is 7.92. The summed E-state index contributed by atoms with van der Waals surface area (Å²) < 4.78 is 69.3. The van der Waals surface area contributed by atoms with Crippen LogP contribution in [0.5, 0.6) is 0 Å². The fourth-order valence-electron chi connectivity index (χ4n) is 4.39. The van der Waals surface area contributed by atoms with Gasteiger partial charge in [-0.25, -0.2) is 8.42 Å². The van der Waals surface area contributed by atoms with E-state index in [-0.39, 0.29) is 29.6 Å². The zero-order valence-electron chi connectivity index (χ0n) is 24.3. The smallest absolute Gasteiger partial charge is 0.352 e. The predicted molar refractivity (Wildman–Crippen MR) is 156 cm³/mol. The summed E-state index contributed by atoms with van der Waals surface area (Å²) in [6.45, 7) is 8.12. The topological polar surface area (TPSA) is 86.8 Å². The van der Waals surface area contributed by atoms with E-state index in [4.69, 9.17) is 0 Å². The molecule has 3 aromatic carbocycles. The first kappa shape index (κ1) is 32.7. The van der Waals surface area contributed by atoms with E-state index in [1.54, 1.807) is 52.0 Å². The minimum absolute atomic E-state index is 0.00978. The number of amides is 2. The SMILES string of the molecule is CCC(C(=O)NC(C)C)N(Cc1ccc(C)cc1)C(=O)CN(c1cccc(C(F)(F)F)c1)S(=O)(=O)c1ccc(C)cc1. The summed E-state index contributed by atoms with van der Waals surface area (Å²) >= 11 is 0. The summed E-state index contributed by atoms with van der Waals surface area (Å²) in [5.41, 5.74) is 1.09. The van der Waals surface area contributed by atoms with E-state index in [2.05, 4.69) is 5.32 Å². The molecule has 226 valence electrons. The van der Waals surface area contributed by atoms with E-state index in [1.807, 2.05) is 19.1 Å². The normalized spacial score (nSPS) is 12.6. The number of sulfonamides is 1. The number of rotatable bonds is 11. The van der Waals surface area contributed by atoms with Gasteiger partial charge in [-0.1, -0.05) is 60.5 Å². The number of hydrogen-bond acceptors (Lipinski definition) is 4. The van der Waals surface area contributed by atoms with E-state index in [0.717, 1.165) is 23.3 Å². The van der Waals surface area contributed by atoms with E-state index in [1.165, 1.54) is 23.1 Å². The molecule has 1 N–H and O–H groups in total. The highest BCUT2D eigenvalue weighted by atomic mass is 32.2. The van der Waals surface area contributed by atoms with Crippen molar-refractivity contribution in [2.75, 3.05) is 10.8 Å². The van der Waals surface area contributed by atoms with Crippen molar-refractivity contribution >= 4 is 27.5 Å². The summed E-state index contributed by atoms with van der Waals surface area (Å²) in [6.07, 6.45) is -4.51. The Morgan fingerprint density at radius 3 is 2.00 bits per heavy atom. The van der Waals surface area contributed by atoms with Gasteiger partial charge in [-0.15, -0.1) is 0 Å². The van der Waals surface area contributed by atoms with E-state index in [0.29, 0.717) is 15.9 Å². The molecule has 1 atom stereocenters. The quantitative estimate of drug-likeness (QED) is 0.298. The largest absolute Gasteiger partial charge is 0.416 e. The molecule has 0 aliphatic rings. The first-order chi connectivity index (χ1) is 19.6. The van der Waals surface area contributed by atoms with Crippen LogP contribution in [0, 0.1) is 13.8 Å². The number of nitrogens with zero attached hydrogens (tertiary/aromatic N) is 2. The molecule has 1 unspecified atom stereocenters. The lowest BCUT2D eigenvalue weighted by atomic mass is 10.1. The van der Waals surface area contributed by atoms with Crippen molar-refractivity contribution in [3.05, 3.63) is 95.1 Å². The maximum absolute atomic E-state index is 14.0. The fourth-order valence-corrected chi connectivity index (χ4v) is 5.80. The fraction of sp³-hybridized carbons (Fsp3) is 0.355. The molecule has 11 heteroatoms. The van der Waals surface area contributed by atoms with Gasteiger partial charge in [-0.05, 0) is 70.0 Å². The van der Waals surface area contributed by atoms with Gasteiger partial charge in [0.25, 0.3) is 10.0 Å². The van der Waals surface area contributed by atoms with Gasteiger partial charge in [-0.2, -0.15) is 13.2 Å². The minimum atomic E-state index is -4.74. The van der Waals surface area contributed by atoms with Gasteiger partial charge in [0.1, 0.15) is 12.6 Å². The Morgan fingerprint density at radius 2 is 1.48 bits per heavy atom. The molecule has 0 aromatic heterocycles. The average molecular weight is 604 g/mol. The van der Waals surface area contributed by atoms with Crippen molar-refractivity contribution in [2.24, 2.45) is 0 Å². The highest BCUT2D eigenvalue weighted by Crippen LogP contribution is 2.33. The number of hydrogen-bond donors (Lipinski definition) is 1. The van der Waals surface area contributed by atoms with Gasteiger partial charge in [0.2, 0.25) is 11.8 Å². The number of aryl methyl sites for hydroxylation is 2. The van der Waals surface area contributed by atoms with Crippen molar-refractivity contribution in [3.8, 4) is 0 Å². The molecule has 0 spiro atoms. The van der Waals surface area contributed by atoms with Crippen LogP contribution in [-0.4, -0.2) is 43.8 Å². The minimum Gasteiger partial charge on any atom is -0.352 e. The molecule has 0 saturated carbocycles. The van der Waals surface area contributed by atoms with E-state index < -0.39 is 46.2 Å². The number of benzene rings is 3. The summed E-state index contributed by atoms with van der Waals surface area (Å²) in [6, 6.07) is 15.8. The Labute approximate surface area is 245 Å². The molecule has 7 nitrogen and oxygen atoms in total. The second kappa shape index (κ2) is 13.4. The van der Waals surface area contributed by atoms with E-state index in [9.17, 15) is 31.2 Å². The Hall–Kier alpha value is -3.86. The van der Waals surface area contributed by atoms with Crippen LogP contribution >= 0.6 is 0 Å². The van der Waals surface area contributed by atoms with E-state index >= 15 is 0 Å². The van der Waals surface area contributed by atoms with Gasteiger partial charge in [0.05, 0.1) is 16.1 Å². The molecule has 3 aromatic rings. The van der Waals surface area contributed by atoms with Gasteiger partial charge in [0.15, 0.2) is 0 Å². The predicted octanol–water partition coefficient (Wildman–Crippen LogP) is 5.85. The number of carbonyl (C=O) groups excluding carboxylic acids is 2. The second-order valence-electron chi connectivity index (χ2n) is 10.5. The summed E-state index contributed by atoms with van der Waals surface area (Å²) in [5.74, 6) is -1.16. The third-order valence-electron chi connectivity index (χ3n) is 6.64. The van der Waals surface area contributed by atoms with Crippen molar-refractivity contribution in [2.45, 2.75) is 70.7 Å². The maximum Gasteiger partial charge on any atom is 0.416 e. The lowest BCUT2D eigenvalue weighted by Gasteiger charge is -2.33. The van der Waals surface area contributed by atoms with Crippen molar-refractivity contribution < 1.29 is 31.2 Å². The highest BCUT2D eigenvalue weighted by Gasteiger charge is 2.36. The lowest BCUT2D eigenvalue weighted by molar-refractivity contribution is -0.140. The second-order valence-corrected chi connectivity index (χ2v) is 12.3. The van der Waals surface area contributed by atoms with Gasteiger partial charge >= 0.3 is 6.18 Å². The number of anilines is 1. The van der Waals surface area contributed by atoms with Gasteiger partial charge < -0.3 is 10.2 Å². The number of halogens is 3. The number of alkyl halides is 3. The molecule has 0 bridgehead atoms. The van der Waals surface area contributed by atoms with Crippen LogP contribution < -0.4 is 9.62 Å². The number of nitrogens with one attached hydrogen (secondary N) is 1. The van der Waals surface area contributed by atoms with Crippen LogP contribution in [0.25, 0.3) is 0 Å². The van der Waals surface area contributed by atoms with Crippen LogP contribution in [0.2, 0.25) is 0 Å². The third-order valence-corrected chi connectivity index (χ3v) is 8.43. The molecule has 0 aliphatic carbocycles. The zero-order valence-corrected chi connectivity index (χ0v) is 25.1. The molecule has 0 radical (unpaired) electrons. The monoisotopic (exact) mass is 603 g/mol. The number of carbonyl (C=O) groups is 2. The first-order valence-electron chi connectivity index (χ1n) is 13.6. The lowest BCUT2D eigenvalue weighted by Crippen LogP contribution is -2.53. The Morgan fingerprint density at radius 1 is 0.905 bits per heavy atom. The molecule has 42 heavy (non-hydrogen) atoms. The Balaban J connectivity index is 2.12. The Kier molecular flexibility index (Phi) is 10.4. The summed E-state index contributed by atoms with van der Waals surface area (Å²) in [7, 11) is -4.49. The molecule has 0 aliphatic heterocycles. The molecule has 0 saturated heterocycles. The molecule has 0 fully saturated rings. The van der Waals surface area contributed by atoms with Crippen molar-refractivity contribution in [1.29, 1.82) is 0 Å². The van der Waals surface area contributed by atoms with Gasteiger partial charge in [0, 0.05) is 12.6 Å². The van der Waals surface area contributed by atoms with Crippen molar-refractivity contribution in [3.63, 3.8) is 0 Å². The average Bonchev–Trinajstić information content (AvgIpc) is 2.92. The molecular formula is C31H36F3N3O4S. The molecule has 2 amide bonds. The van der Waals surface area contributed by atoms with Gasteiger partial charge in [-0.3, -0.25) is 13.9 Å². The van der Waals surface area contributed by atoms with Crippen LogP contribution in [0.1, 0.15) is 49.4 Å². The maximum atomic E-state index is 14.0. The summed E-state index contributed by atoms with van der Waals surface area (Å²) in [4.78, 5) is 28.3. The standard InChI is InChI=1S/C31H36F3N3O4S/c1-6-28(30(39)35-21(2)3)36(19-24-14-10-22(4)11-15-24)29(38)20-37(26-9-7-8-25(18-26)31(32,33)34)42(40,41)27-16-12-23(5)13-17-27/h7-18,21,28H,6,19-20H2,1-5H3,(H,35,39). The third kappa shape index (κ3) is 8.12. The van der Waals surface area contributed by atoms with Crippen LogP contribution in [0.15, 0.2) is 77.7 Å². The van der Waals surface area contributed by atoms with Crippen LogP contribution in [-0.2, 0) is 32.3 Å². The first-order valence-corrected chi connectivity index (χ1v) is 15.0. The Bertz CT molecular complexity index is 1490. The zero-order chi connectivity index (χ0) is 31.2. The van der Waals surface area contributed by atoms with Crippen molar-refractivity contribution in [1.82, 2.24) is 10.2 Å². The molecule has 0 heterocycles. The molecule has 3 rings (SSSR count).